The number of fused-ring (bicyclic) bond motifs is 2. The SMILES string of the molecule is C.CC(C)c1cc(C(C)(C)O)ccc1Cl.CC(C)c1ccc2c(c1)C(C)(C)CC2.CC(C)c1cccc(C(C)C)c1.CC1=CCc2ccc(C(C)C)cc21.Cc1ccc(C(C)C)cc1Cl.Cc1ccc(C(C)C)cc1OC(C)C. The Morgan fingerprint density at radius 1 is 0.494 bits per heavy atom. The average Bonchev–Trinajstić information content (AvgIpc) is 3.92. The Hall–Kier alpha value is -4.60. The van der Waals surface area contributed by atoms with Crippen LogP contribution in [0.1, 0.15) is 279 Å². The van der Waals surface area contributed by atoms with Gasteiger partial charge in [-0.05, 0) is 216 Å². The van der Waals surface area contributed by atoms with E-state index in [-0.39, 0.29) is 13.5 Å². The van der Waals surface area contributed by atoms with Crippen molar-refractivity contribution in [2.45, 2.75) is 244 Å². The monoisotopic (exact) mass is 1110 g/mol. The number of halogens is 2. The van der Waals surface area contributed by atoms with Crippen LogP contribution in [0.5, 0.6) is 5.75 Å². The van der Waals surface area contributed by atoms with E-state index in [1.165, 1.54) is 68.5 Å². The van der Waals surface area contributed by atoms with Gasteiger partial charge in [0.05, 0.1) is 11.7 Å². The van der Waals surface area contributed by atoms with E-state index in [1.807, 2.05) is 31.2 Å². The third kappa shape index (κ3) is 22.3. The molecular formula is C75H108Cl2O2. The first-order chi connectivity index (χ1) is 36.2. The second-order valence-electron chi connectivity index (χ2n) is 25.6. The molecule has 1 N–H and O–H groups in total. The lowest BCUT2D eigenvalue weighted by Gasteiger charge is -2.20. The molecule has 2 aliphatic carbocycles. The highest BCUT2D eigenvalue weighted by molar-refractivity contribution is 6.31. The summed E-state index contributed by atoms with van der Waals surface area (Å²) in [4.78, 5) is 0. The molecule has 0 heterocycles. The van der Waals surface area contributed by atoms with Gasteiger partial charge in [0.1, 0.15) is 5.75 Å². The molecule has 2 nitrogen and oxygen atoms in total. The normalized spacial score (nSPS) is 13.0. The largest absolute Gasteiger partial charge is 0.491 e. The number of hydrogen-bond acceptors (Lipinski definition) is 2. The minimum absolute atomic E-state index is 0. The summed E-state index contributed by atoms with van der Waals surface area (Å²) in [6.45, 7) is 49.6. The number of allylic oxidation sites excluding steroid dienone is 2. The van der Waals surface area contributed by atoms with E-state index < -0.39 is 5.60 Å². The van der Waals surface area contributed by atoms with E-state index in [0.29, 0.717) is 46.8 Å². The van der Waals surface area contributed by atoms with Crippen molar-refractivity contribution >= 4 is 28.8 Å². The second kappa shape index (κ2) is 32.1. The summed E-state index contributed by atoms with van der Waals surface area (Å²) < 4.78 is 5.74. The summed E-state index contributed by atoms with van der Waals surface area (Å²) in [5.41, 5.74) is 20.0. The zero-order chi connectivity index (χ0) is 59.0. The predicted octanol–water partition coefficient (Wildman–Crippen LogP) is 23.7. The molecule has 6 aromatic carbocycles. The van der Waals surface area contributed by atoms with Crippen LogP contribution in [0.4, 0.5) is 0 Å². The van der Waals surface area contributed by atoms with Gasteiger partial charge in [0.25, 0.3) is 0 Å². The third-order valence-electron chi connectivity index (χ3n) is 15.1. The molecule has 0 saturated carbocycles. The first kappa shape index (κ1) is 70.5. The standard InChI is InChI=1S/C14H20.C13H20O.C13H16.C12H17ClO.C12H18.C10H13Cl.CH4/c1-10(2)12-6-5-11-7-8-14(3,4)13(11)9-12;1-9(2)12-7-6-11(5)13(8-12)14-10(3)4;1-9(2)12-7-6-11-5-4-10(3)13(11)8-12;1-8(2)10-7-9(12(3,4)14)5-6-11(10)13;1-9(2)11-6-5-7-12(8-11)10(3)4;1-7(2)9-5-4-8(3)10(11)6-9;/h5-6,9-10H,7-8H2,1-4H3;6-10H,1-5H3;4,6-9H,5H2,1-3H3;5-8,14H,1-4H3;5-10H,1-4H3;4-7H,1-3H3;1H4. The summed E-state index contributed by atoms with van der Waals surface area (Å²) >= 11 is 12.0. The highest BCUT2D eigenvalue weighted by atomic mass is 35.5. The Bertz CT molecular complexity index is 2800. The van der Waals surface area contributed by atoms with Gasteiger partial charge in [-0.25, -0.2) is 0 Å². The van der Waals surface area contributed by atoms with Crippen LogP contribution in [-0.2, 0) is 23.9 Å². The average molecular weight is 1110 g/mol. The first-order valence-corrected chi connectivity index (χ1v) is 30.1. The predicted molar refractivity (Wildman–Crippen MR) is 353 cm³/mol. The van der Waals surface area contributed by atoms with E-state index in [2.05, 4.69) is 236 Å². The molecule has 0 saturated heterocycles. The van der Waals surface area contributed by atoms with Gasteiger partial charge in [-0.3, -0.25) is 0 Å². The number of aliphatic hydroxyl groups is 1. The smallest absolute Gasteiger partial charge is 0.122 e. The van der Waals surface area contributed by atoms with Crippen LogP contribution in [0.2, 0.25) is 10.0 Å². The molecule has 0 aromatic heterocycles. The van der Waals surface area contributed by atoms with Crippen molar-refractivity contribution in [3.63, 3.8) is 0 Å². The number of benzene rings is 6. The molecule has 6 aromatic rings. The van der Waals surface area contributed by atoms with Gasteiger partial charge in [0.2, 0.25) is 0 Å². The molecule has 79 heavy (non-hydrogen) atoms. The lowest BCUT2D eigenvalue weighted by atomic mass is 9.85. The minimum Gasteiger partial charge on any atom is -0.491 e. The van der Waals surface area contributed by atoms with Crippen LogP contribution in [0.25, 0.3) is 5.57 Å². The third-order valence-corrected chi connectivity index (χ3v) is 15.8. The van der Waals surface area contributed by atoms with Crippen molar-refractivity contribution in [1.29, 1.82) is 0 Å². The van der Waals surface area contributed by atoms with Gasteiger partial charge in [-0.2, -0.15) is 0 Å². The summed E-state index contributed by atoms with van der Waals surface area (Å²) in [6.07, 6.45) is 6.26. The number of ether oxygens (including phenoxy) is 1. The molecule has 0 amide bonds. The van der Waals surface area contributed by atoms with Crippen LogP contribution in [0.3, 0.4) is 0 Å². The van der Waals surface area contributed by atoms with Crippen molar-refractivity contribution in [2.75, 3.05) is 0 Å². The topological polar surface area (TPSA) is 29.5 Å². The van der Waals surface area contributed by atoms with Gasteiger partial charge in [-0.15, -0.1) is 0 Å². The fourth-order valence-electron chi connectivity index (χ4n) is 9.22. The highest BCUT2D eigenvalue weighted by Gasteiger charge is 2.29. The van der Waals surface area contributed by atoms with Crippen LogP contribution in [0, 0.1) is 13.8 Å². The van der Waals surface area contributed by atoms with E-state index in [9.17, 15) is 5.11 Å². The van der Waals surface area contributed by atoms with Crippen LogP contribution >= 0.6 is 23.2 Å². The Kier molecular flexibility index (Phi) is 28.7. The zero-order valence-corrected chi connectivity index (χ0v) is 54.4. The minimum atomic E-state index is -0.797. The number of hydrogen-bond donors (Lipinski definition) is 1. The molecule has 0 unspecified atom stereocenters. The zero-order valence-electron chi connectivity index (χ0n) is 52.9. The lowest BCUT2D eigenvalue weighted by molar-refractivity contribution is 0.0785. The molecule has 434 valence electrons. The van der Waals surface area contributed by atoms with Gasteiger partial charge in [-0.1, -0.05) is 245 Å². The molecule has 0 bridgehead atoms. The second-order valence-corrected chi connectivity index (χ2v) is 26.4. The van der Waals surface area contributed by atoms with E-state index in [0.717, 1.165) is 38.9 Å². The maximum atomic E-state index is 9.84. The molecule has 0 atom stereocenters. The Labute approximate surface area is 495 Å². The van der Waals surface area contributed by atoms with Crippen LogP contribution < -0.4 is 4.74 Å². The molecule has 0 radical (unpaired) electrons. The van der Waals surface area contributed by atoms with Crippen molar-refractivity contribution in [1.82, 2.24) is 0 Å². The first-order valence-electron chi connectivity index (χ1n) is 29.3. The fraction of sp³-hybridized carbons (Fsp3) is 0.493. The van der Waals surface area contributed by atoms with Crippen LogP contribution in [0.15, 0.2) is 121 Å². The Balaban J connectivity index is 0.000000324. The number of rotatable bonds is 10. The molecule has 4 heteroatoms. The van der Waals surface area contributed by atoms with E-state index in [1.54, 1.807) is 25.0 Å². The maximum absolute atomic E-state index is 9.84. The van der Waals surface area contributed by atoms with Crippen molar-refractivity contribution < 1.29 is 9.84 Å². The summed E-state index contributed by atoms with van der Waals surface area (Å²) in [7, 11) is 0. The molecular weight excluding hydrogens is 1000 g/mol. The number of aryl methyl sites for hydroxylation is 3. The van der Waals surface area contributed by atoms with Crippen molar-refractivity contribution in [3.8, 4) is 5.75 Å². The Morgan fingerprint density at radius 3 is 1.43 bits per heavy atom. The summed E-state index contributed by atoms with van der Waals surface area (Å²) in [6, 6.07) is 41.2. The molecule has 2 aliphatic rings. The molecule has 0 spiro atoms. The highest BCUT2D eigenvalue weighted by Crippen LogP contribution is 2.40. The summed E-state index contributed by atoms with van der Waals surface area (Å²) in [5.74, 6) is 5.09. The van der Waals surface area contributed by atoms with Crippen LogP contribution in [-0.4, -0.2) is 11.2 Å². The quantitative estimate of drug-likeness (QED) is 0.148. The summed E-state index contributed by atoms with van der Waals surface area (Å²) in [5, 5.41) is 11.5. The fourth-order valence-corrected chi connectivity index (χ4v) is 9.75. The molecule has 8 rings (SSSR count). The van der Waals surface area contributed by atoms with E-state index in [4.69, 9.17) is 27.9 Å². The van der Waals surface area contributed by atoms with Crippen molar-refractivity contribution in [3.05, 3.63) is 209 Å². The lowest BCUT2D eigenvalue weighted by Crippen LogP contribution is -2.15. The Morgan fingerprint density at radius 2 is 0.949 bits per heavy atom. The van der Waals surface area contributed by atoms with Gasteiger partial charge in [0, 0.05) is 10.0 Å². The van der Waals surface area contributed by atoms with E-state index >= 15 is 0 Å². The molecule has 0 fully saturated rings. The van der Waals surface area contributed by atoms with Gasteiger partial charge >= 0.3 is 0 Å². The van der Waals surface area contributed by atoms with Crippen molar-refractivity contribution in [2.24, 2.45) is 0 Å². The van der Waals surface area contributed by atoms with Gasteiger partial charge < -0.3 is 9.84 Å². The molecule has 0 aliphatic heterocycles. The maximum Gasteiger partial charge on any atom is 0.122 e. The van der Waals surface area contributed by atoms with Gasteiger partial charge in [0.15, 0.2) is 0 Å².